The number of hydrogen-bond donors (Lipinski definition) is 2. The van der Waals surface area contributed by atoms with Crippen molar-refractivity contribution >= 4 is 32.4 Å². The molecule has 0 atom stereocenters. The van der Waals surface area contributed by atoms with E-state index in [4.69, 9.17) is 0 Å². The van der Waals surface area contributed by atoms with Crippen molar-refractivity contribution in [3.8, 4) is 0 Å². The van der Waals surface area contributed by atoms with Crippen molar-refractivity contribution in [2.24, 2.45) is 0 Å². The number of hydrogen-bond acceptors (Lipinski definition) is 6. The predicted octanol–water partition coefficient (Wildman–Crippen LogP) is 2.99. The molecule has 0 unspecified atom stereocenters. The van der Waals surface area contributed by atoms with Gasteiger partial charge in [0, 0.05) is 18.0 Å². The van der Waals surface area contributed by atoms with Gasteiger partial charge in [-0.2, -0.15) is 0 Å². The minimum atomic E-state index is -3.62. The van der Waals surface area contributed by atoms with Crippen molar-refractivity contribution < 1.29 is 13.2 Å². The maximum atomic E-state index is 12.3. The standard InChI is InChI=1S/C16H22N4O3S2/c1-4-5-9-17-25(22,23)13-8-6-7-12(10-13)14(21)18-16-20-19-15(24-16)11(2)3/h6-8,10-11,17H,4-5,9H2,1-3H3,(H,18,20,21). The number of aromatic nitrogens is 2. The summed E-state index contributed by atoms with van der Waals surface area (Å²) in [5.74, 6) is -0.192. The average Bonchev–Trinajstić information content (AvgIpc) is 3.04. The lowest BCUT2D eigenvalue weighted by atomic mass is 10.2. The topological polar surface area (TPSA) is 101 Å². The molecule has 25 heavy (non-hydrogen) atoms. The highest BCUT2D eigenvalue weighted by atomic mass is 32.2. The molecule has 0 saturated heterocycles. The summed E-state index contributed by atoms with van der Waals surface area (Å²) in [5, 5.41) is 11.8. The van der Waals surface area contributed by atoms with Gasteiger partial charge in [0.25, 0.3) is 5.91 Å². The van der Waals surface area contributed by atoms with Crippen molar-refractivity contribution in [3.05, 3.63) is 34.8 Å². The Kier molecular flexibility index (Phi) is 6.63. The number of sulfonamides is 1. The summed E-state index contributed by atoms with van der Waals surface area (Å²) in [7, 11) is -3.62. The zero-order chi connectivity index (χ0) is 18.4. The van der Waals surface area contributed by atoms with Crippen LogP contribution in [0.3, 0.4) is 0 Å². The molecule has 9 heteroatoms. The SMILES string of the molecule is CCCCNS(=O)(=O)c1cccc(C(=O)Nc2nnc(C(C)C)s2)c1. The van der Waals surface area contributed by atoms with Gasteiger partial charge in [-0.05, 0) is 24.6 Å². The molecule has 1 heterocycles. The molecule has 0 spiro atoms. The number of nitrogens with one attached hydrogen (secondary N) is 2. The first-order chi connectivity index (χ1) is 11.8. The highest BCUT2D eigenvalue weighted by molar-refractivity contribution is 7.89. The second-order valence-electron chi connectivity index (χ2n) is 5.83. The molecule has 0 saturated carbocycles. The highest BCUT2D eigenvalue weighted by Gasteiger charge is 2.17. The van der Waals surface area contributed by atoms with Gasteiger partial charge in [0.05, 0.1) is 4.90 Å². The van der Waals surface area contributed by atoms with E-state index in [-0.39, 0.29) is 16.4 Å². The summed E-state index contributed by atoms with van der Waals surface area (Å²) in [5.41, 5.74) is 0.250. The smallest absolute Gasteiger partial charge is 0.257 e. The molecule has 0 aliphatic carbocycles. The Hall–Kier alpha value is -1.84. The molecule has 2 rings (SSSR count). The summed E-state index contributed by atoms with van der Waals surface area (Å²) < 4.78 is 27.0. The predicted molar refractivity (Wildman–Crippen MR) is 98.5 cm³/mol. The molecule has 0 aliphatic heterocycles. The highest BCUT2D eigenvalue weighted by Crippen LogP contribution is 2.23. The van der Waals surface area contributed by atoms with Crippen molar-refractivity contribution in [1.29, 1.82) is 0 Å². The third-order valence-corrected chi connectivity index (χ3v) is 5.98. The van der Waals surface area contributed by atoms with Crippen LogP contribution in [-0.4, -0.2) is 31.1 Å². The van der Waals surface area contributed by atoms with Gasteiger partial charge in [-0.25, -0.2) is 13.1 Å². The number of nitrogens with zero attached hydrogens (tertiary/aromatic N) is 2. The molecule has 2 aromatic rings. The van der Waals surface area contributed by atoms with Crippen molar-refractivity contribution in [3.63, 3.8) is 0 Å². The van der Waals surface area contributed by atoms with Gasteiger partial charge in [-0.3, -0.25) is 10.1 Å². The second kappa shape index (κ2) is 8.50. The Morgan fingerprint density at radius 2 is 2.04 bits per heavy atom. The monoisotopic (exact) mass is 382 g/mol. The molecule has 136 valence electrons. The minimum absolute atomic E-state index is 0.0661. The lowest BCUT2D eigenvalue weighted by Crippen LogP contribution is -2.25. The van der Waals surface area contributed by atoms with Gasteiger partial charge in [0.2, 0.25) is 15.2 Å². The fraction of sp³-hybridized carbons (Fsp3) is 0.438. The van der Waals surface area contributed by atoms with Crippen molar-refractivity contribution in [2.75, 3.05) is 11.9 Å². The summed E-state index contributed by atoms with van der Waals surface area (Å²) in [6, 6.07) is 5.93. The number of benzene rings is 1. The largest absolute Gasteiger partial charge is 0.296 e. The van der Waals surface area contributed by atoms with E-state index in [0.29, 0.717) is 11.7 Å². The number of carbonyl (C=O) groups excluding carboxylic acids is 1. The van der Waals surface area contributed by atoms with Gasteiger partial charge in [-0.1, -0.05) is 44.6 Å². The maximum Gasteiger partial charge on any atom is 0.257 e. The van der Waals surface area contributed by atoms with E-state index < -0.39 is 15.9 Å². The fourth-order valence-electron chi connectivity index (χ4n) is 1.96. The maximum absolute atomic E-state index is 12.3. The van der Waals surface area contributed by atoms with Crippen LogP contribution in [0.1, 0.15) is 54.9 Å². The first-order valence-electron chi connectivity index (χ1n) is 8.08. The molecule has 7 nitrogen and oxygen atoms in total. The molecule has 0 fully saturated rings. The van der Waals surface area contributed by atoms with Gasteiger partial charge < -0.3 is 0 Å². The van der Waals surface area contributed by atoms with Crippen LogP contribution in [0.4, 0.5) is 5.13 Å². The van der Waals surface area contributed by atoms with Gasteiger partial charge in [0.1, 0.15) is 5.01 Å². The van der Waals surface area contributed by atoms with E-state index in [1.165, 1.54) is 23.5 Å². The molecule has 0 aliphatic rings. The van der Waals surface area contributed by atoms with E-state index in [1.54, 1.807) is 12.1 Å². The van der Waals surface area contributed by atoms with Crippen LogP contribution < -0.4 is 10.0 Å². The molecule has 0 radical (unpaired) electrons. The Balaban J connectivity index is 2.12. The van der Waals surface area contributed by atoms with E-state index in [9.17, 15) is 13.2 Å². The van der Waals surface area contributed by atoms with Gasteiger partial charge in [0.15, 0.2) is 0 Å². The second-order valence-corrected chi connectivity index (χ2v) is 8.61. The van der Waals surface area contributed by atoms with E-state index in [1.807, 2.05) is 20.8 Å². The molecule has 1 aromatic heterocycles. The van der Waals surface area contributed by atoms with Gasteiger partial charge in [-0.15, -0.1) is 10.2 Å². The van der Waals surface area contributed by atoms with E-state index >= 15 is 0 Å². The first-order valence-corrected chi connectivity index (χ1v) is 10.4. The van der Waals surface area contributed by atoms with E-state index in [0.717, 1.165) is 17.8 Å². The number of anilines is 1. The first kappa shape index (κ1) is 19.5. The van der Waals surface area contributed by atoms with Crippen LogP contribution in [0.2, 0.25) is 0 Å². The third kappa shape index (κ3) is 5.32. The lowest BCUT2D eigenvalue weighted by Gasteiger charge is -2.08. The molecule has 2 N–H and O–H groups in total. The van der Waals surface area contributed by atoms with Crippen molar-refractivity contribution in [1.82, 2.24) is 14.9 Å². The van der Waals surface area contributed by atoms with Crippen LogP contribution in [0.25, 0.3) is 0 Å². The number of amides is 1. The van der Waals surface area contributed by atoms with Crippen LogP contribution in [0.15, 0.2) is 29.2 Å². The summed E-state index contributed by atoms with van der Waals surface area (Å²) >= 11 is 1.30. The normalized spacial score (nSPS) is 11.7. The van der Waals surface area contributed by atoms with Gasteiger partial charge >= 0.3 is 0 Å². The quantitative estimate of drug-likeness (QED) is 0.684. The minimum Gasteiger partial charge on any atom is -0.296 e. The molecular formula is C16H22N4O3S2. The van der Waals surface area contributed by atoms with Crippen molar-refractivity contribution in [2.45, 2.75) is 44.4 Å². The average molecular weight is 383 g/mol. The zero-order valence-electron chi connectivity index (χ0n) is 14.4. The summed E-state index contributed by atoms with van der Waals surface area (Å²) in [6.07, 6.45) is 1.65. The molecular weight excluding hydrogens is 360 g/mol. The Morgan fingerprint density at radius 3 is 2.68 bits per heavy atom. The van der Waals surface area contributed by atoms with Crippen LogP contribution in [0.5, 0.6) is 0 Å². The molecule has 1 aromatic carbocycles. The summed E-state index contributed by atoms with van der Waals surface area (Å²) in [4.78, 5) is 12.4. The van der Waals surface area contributed by atoms with Crippen LogP contribution in [0, 0.1) is 0 Å². The lowest BCUT2D eigenvalue weighted by molar-refractivity contribution is 0.102. The van der Waals surface area contributed by atoms with E-state index in [2.05, 4.69) is 20.2 Å². The number of rotatable bonds is 8. The fourth-order valence-corrected chi connectivity index (χ4v) is 3.82. The molecule has 1 amide bonds. The van der Waals surface area contributed by atoms with Crippen LogP contribution >= 0.6 is 11.3 Å². The Labute approximate surface area is 151 Å². The molecule has 0 bridgehead atoms. The summed E-state index contributed by atoms with van der Waals surface area (Å²) in [6.45, 7) is 6.34. The number of unbranched alkanes of at least 4 members (excludes halogenated alkanes) is 1. The Morgan fingerprint density at radius 1 is 1.28 bits per heavy atom. The third-order valence-electron chi connectivity index (χ3n) is 3.38. The Bertz CT molecular complexity index is 831. The zero-order valence-corrected chi connectivity index (χ0v) is 16.1. The van der Waals surface area contributed by atoms with Crippen LogP contribution in [-0.2, 0) is 10.0 Å². The number of carbonyl (C=O) groups is 1.